The van der Waals surface area contributed by atoms with Crippen LogP contribution in [-0.4, -0.2) is 10.2 Å². The summed E-state index contributed by atoms with van der Waals surface area (Å²) in [6, 6.07) is 8.70. The summed E-state index contributed by atoms with van der Waals surface area (Å²) in [6.07, 6.45) is 3.86. The molecule has 16 heavy (non-hydrogen) atoms. The molecule has 2 N–H and O–H groups in total. The highest BCUT2D eigenvalue weighted by atomic mass is 79.9. The number of pyridine rings is 1. The van der Waals surface area contributed by atoms with Gasteiger partial charge in [-0.2, -0.15) is 0 Å². The van der Waals surface area contributed by atoms with E-state index >= 15 is 0 Å². The molecule has 0 atom stereocenters. The first-order chi connectivity index (χ1) is 7.16. The Morgan fingerprint density at radius 2 is 1.50 bits per heavy atom. The van der Waals surface area contributed by atoms with Crippen molar-refractivity contribution in [2.75, 3.05) is 0 Å². The van der Waals surface area contributed by atoms with Crippen molar-refractivity contribution in [3.63, 3.8) is 0 Å². The van der Waals surface area contributed by atoms with Gasteiger partial charge in [-0.25, -0.2) is 4.57 Å². The molecular weight excluding hydrogens is 270 g/mol. The molecule has 0 amide bonds. The Kier molecular flexibility index (Phi) is 3.90. The van der Waals surface area contributed by atoms with E-state index in [2.05, 4.69) is 0 Å². The zero-order valence-electron chi connectivity index (χ0n) is 8.76. The van der Waals surface area contributed by atoms with Crippen molar-refractivity contribution in [3.05, 3.63) is 42.7 Å². The van der Waals surface area contributed by atoms with Gasteiger partial charge in [-0.3, -0.25) is 0 Å². The molecule has 0 unspecified atom stereocenters. The minimum absolute atomic E-state index is 0. The van der Waals surface area contributed by atoms with Crippen molar-refractivity contribution < 1.29 is 31.8 Å². The summed E-state index contributed by atoms with van der Waals surface area (Å²) >= 11 is 0. The van der Waals surface area contributed by atoms with E-state index in [0.717, 1.165) is 11.1 Å². The molecule has 0 aliphatic carbocycles. The standard InChI is InChI=1S/C12H11NO2.BrH/c1-13-6-4-9(5-7-13)10-2-3-11(14)12(15)8-10;/h2-8,15H,1H3;1H. The van der Waals surface area contributed by atoms with Gasteiger partial charge in [0.25, 0.3) is 0 Å². The van der Waals surface area contributed by atoms with E-state index in [1.165, 1.54) is 6.07 Å². The smallest absolute Gasteiger partial charge is 0.169 e. The van der Waals surface area contributed by atoms with E-state index in [4.69, 9.17) is 0 Å². The van der Waals surface area contributed by atoms with Crippen LogP contribution in [0.3, 0.4) is 0 Å². The van der Waals surface area contributed by atoms with Crippen molar-refractivity contribution in [2.45, 2.75) is 0 Å². The second-order valence-electron chi connectivity index (χ2n) is 3.46. The fraction of sp³-hybridized carbons (Fsp3) is 0.0833. The topological polar surface area (TPSA) is 44.3 Å². The number of aromatic hydroxyl groups is 2. The maximum atomic E-state index is 9.36. The van der Waals surface area contributed by atoms with Crippen LogP contribution in [0, 0.1) is 0 Å². The van der Waals surface area contributed by atoms with E-state index in [0.29, 0.717) is 0 Å². The Morgan fingerprint density at radius 1 is 0.875 bits per heavy atom. The molecule has 1 aromatic heterocycles. The van der Waals surface area contributed by atoms with Gasteiger partial charge in [0.1, 0.15) is 7.05 Å². The summed E-state index contributed by atoms with van der Waals surface area (Å²) in [5, 5.41) is 18.5. The summed E-state index contributed by atoms with van der Waals surface area (Å²) < 4.78 is 1.93. The molecule has 0 fully saturated rings. The van der Waals surface area contributed by atoms with Gasteiger partial charge in [0.2, 0.25) is 0 Å². The van der Waals surface area contributed by atoms with E-state index in [9.17, 15) is 10.2 Å². The van der Waals surface area contributed by atoms with Gasteiger partial charge in [-0.1, -0.05) is 6.07 Å². The van der Waals surface area contributed by atoms with Crippen LogP contribution in [0.5, 0.6) is 11.5 Å². The molecule has 2 rings (SSSR count). The van der Waals surface area contributed by atoms with Gasteiger partial charge in [0.05, 0.1) is 0 Å². The van der Waals surface area contributed by atoms with Crippen LogP contribution in [0.2, 0.25) is 0 Å². The molecule has 0 aliphatic heterocycles. The molecular formula is C12H12BrNO2. The maximum Gasteiger partial charge on any atom is 0.169 e. The highest BCUT2D eigenvalue weighted by Crippen LogP contribution is 2.29. The second kappa shape index (κ2) is 4.99. The summed E-state index contributed by atoms with van der Waals surface area (Å²) in [6.45, 7) is 0. The lowest BCUT2D eigenvalue weighted by Crippen LogP contribution is -3.00. The molecule has 0 bridgehead atoms. The Hall–Kier alpha value is -1.55. The fourth-order valence-corrected chi connectivity index (χ4v) is 1.40. The number of phenolic OH excluding ortho intramolecular Hbond substituents is 2. The van der Waals surface area contributed by atoms with E-state index < -0.39 is 0 Å². The van der Waals surface area contributed by atoms with Crippen molar-refractivity contribution in [1.29, 1.82) is 0 Å². The first-order valence-corrected chi connectivity index (χ1v) is 4.64. The zero-order chi connectivity index (χ0) is 10.8. The normalized spacial score (nSPS) is 9.56. The number of aromatic nitrogens is 1. The lowest BCUT2D eigenvalue weighted by atomic mass is 10.1. The lowest BCUT2D eigenvalue weighted by Gasteiger charge is -2.02. The molecule has 1 heterocycles. The minimum Gasteiger partial charge on any atom is -1.00 e. The molecule has 2 aromatic rings. The Balaban J connectivity index is 0.00000128. The third kappa shape index (κ3) is 2.52. The highest BCUT2D eigenvalue weighted by molar-refractivity contribution is 5.65. The number of nitrogens with zero attached hydrogens (tertiary/aromatic N) is 1. The van der Waals surface area contributed by atoms with Crippen molar-refractivity contribution in [2.24, 2.45) is 7.05 Å². The van der Waals surface area contributed by atoms with E-state index in [1.54, 1.807) is 12.1 Å². The summed E-state index contributed by atoms with van der Waals surface area (Å²) in [5.74, 6) is -0.194. The SMILES string of the molecule is C[n+]1ccc(-c2ccc(O)c(O)c2)cc1.[Br-]. The molecule has 0 saturated carbocycles. The van der Waals surface area contributed by atoms with Crippen LogP contribution in [0.15, 0.2) is 42.7 Å². The van der Waals surface area contributed by atoms with Crippen molar-refractivity contribution in [3.8, 4) is 22.6 Å². The van der Waals surface area contributed by atoms with E-state index in [-0.39, 0.29) is 28.5 Å². The lowest BCUT2D eigenvalue weighted by molar-refractivity contribution is -0.671. The molecule has 0 saturated heterocycles. The van der Waals surface area contributed by atoms with Crippen LogP contribution in [0.1, 0.15) is 0 Å². The number of benzene rings is 1. The third-order valence-electron chi connectivity index (χ3n) is 2.29. The summed E-state index contributed by atoms with van der Waals surface area (Å²) in [4.78, 5) is 0. The number of aryl methyl sites for hydroxylation is 1. The van der Waals surface area contributed by atoms with Gasteiger partial charge in [-0.05, 0) is 23.3 Å². The van der Waals surface area contributed by atoms with Gasteiger partial charge in [0, 0.05) is 12.1 Å². The highest BCUT2D eigenvalue weighted by Gasteiger charge is 2.03. The van der Waals surface area contributed by atoms with Crippen LogP contribution >= 0.6 is 0 Å². The number of hydrogen-bond acceptors (Lipinski definition) is 2. The van der Waals surface area contributed by atoms with Gasteiger partial charge >= 0.3 is 0 Å². The predicted molar refractivity (Wildman–Crippen MR) is 56.4 cm³/mol. The summed E-state index contributed by atoms with van der Waals surface area (Å²) in [7, 11) is 1.94. The Bertz CT molecular complexity index is 483. The molecule has 0 spiro atoms. The first kappa shape index (κ1) is 12.5. The monoisotopic (exact) mass is 281 g/mol. The van der Waals surface area contributed by atoms with Crippen LogP contribution in [0.25, 0.3) is 11.1 Å². The average Bonchev–Trinajstić information content (AvgIpc) is 2.23. The van der Waals surface area contributed by atoms with Crippen LogP contribution < -0.4 is 21.5 Å². The quantitative estimate of drug-likeness (QED) is 0.499. The molecule has 3 nitrogen and oxygen atoms in total. The fourth-order valence-electron chi connectivity index (χ4n) is 1.40. The molecule has 0 radical (unpaired) electrons. The van der Waals surface area contributed by atoms with Crippen molar-refractivity contribution >= 4 is 0 Å². The average molecular weight is 282 g/mol. The number of phenols is 2. The first-order valence-electron chi connectivity index (χ1n) is 4.64. The van der Waals surface area contributed by atoms with E-state index in [1.807, 2.05) is 36.1 Å². The molecule has 84 valence electrons. The number of hydrogen-bond donors (Lipinski definition) is 2. The summed E-state index contributed by atoms with van der Waals surface area (Å²) in [5.41, 5.74) is 1.88. The molecule has 0 aliphatic rings. The second-order valence-corrected chi connectivity index (χ2v) is 3.46. The van der Waals surface area contributed by atoms with Crippen LogP contribution in [0.4, 0.5) is 0 Å². The predicted octanol–water partition coefficient (Wildman–Crippen LogP) is -1.41. The Morgan fingerprint density at radius 3 is 2.06 bits per heavy atom. The zero-order valence-corrected chi connectivity index (χ0v) is 10.3. The largest absolute Gasteiger partial charge is 1.00 e. The molecule has 4 heteroatoms. The van der Waals surface area contributed by atoms with Crippen LogP contribution in [-0.2, 0) is 7.05 Å². The van der Waals surface area contributed by atoms with Gasteiger partial charge in [0.15, 0.2) is 23.9 Å². The minimum atomic E-state index is -0.0970. The Labute approximate surface area is 104 Å². The number of rotatable bonds is 1. The number of halogens is 1. The van der Waals surface area contributed by atoms with Gasteiger partial charge < -0.3 is 27.2 Å². The van der Waals surface area contributed by atoms with Gasteiger partial charge in [-0.15, -0.1) is 0 Å². The van der Waals surface area contributed by atoms with Crippen molar-refractivity contribution in [1.82, 2.24) is 0 Å². The molecule has 1 aromatic carbocycles. The maximum absolute atomic E-state index is 9.36. The third-order valence-corrected chi connectivity index (χ3v) is 2.29.